The molecular weight excluding hydrogens is 309 g/mol. The average Bonchev–Trinajstić information content (AvgIpc) is 2.50. The topological polar surface area (TPSA) is 92.2 Å². The summed E-state index contributed by atoms with van der Waals surface area (Å²) >= 11 is 1.20. The molecule has 0 bridgehead atoms. The van der Waals surface area contributed by atoms with Crippen LogP contribution >= 0.6 is 11.8 Å². The first kappa shape index (κ1) is 15.9. The first-order valence-electron chi connectivity index (χ1n) is 6.28. The molecule has 0 radical (unpaired) electrons. The number of carboxylic acid groups (broad SMARTS) is 1. The molecule has 0 unspecified atom stereocenters. The highest BCUT2D eigenvalue weighted by atomic mass is 32.2. The van der Waals surface area contributed by atoms with E-state index in [1.165, 1.54) is 48.4 Å². The minimum Gasteiger partial charge on any atom is -0.481 e. The van der Waals surface area contributed by atoms with Gasteiger partial charge in [-0.1, -0.05) is 11.8 Å². The van der Waals surface area contributed by atoms with Crippen LogP contribution in [0.4, 0.5) is 10.1 Å². The van der Waals surface area contributed by atoms with Crippen LogP contribution in [-0.4, -0.2) is 32.7 Å². The second kappa shape index (κ2) is 7.51. The Morgan fingerprint density at radius 3 is 2.41 bits per heavy atom. The zero-order chi connectivity index (χ0) is 15.9. The van der Waals surface area contributed by atoms with Crippen molar-refractivity contribution in [2.75, 3.05) is 11.1 Å². The molecule has 0 saturated heterocycles. The molecule has 1 aromatic heterocycles. The van der Waals surface area contributed by atoms with Gasteiger partial charge in [-0.3, -0.25) is 9.59 Å². The van der Waals surface area contributed by atoms with Crippen LogP contribution in [0.1, 0.15) is 16.8 Å². The molecule has 1 aromatic carbocycles. The first-order valence-corrected chi connectivity index (χ1v) is 7.27. The Bertz CT molecular complexity index is 662. The molecule has 0 saturated carbocycles. The van der Waals surface area contributed by atoms with Crippen molar-refractivity contribution in [1.82, 2.24) is 9.97 Å². The predicted molar refractivity (Wildman–Crippen MR) is 79.4 cm³/mol. The number of nitrogens with zero attached hydrogens (tertiary/aromatic N) is 2. The van der Waals surface area contributed by atoms with E-state index in [1.54, 1.807) is 0 Å². The molecule has 0 fully saturated rings. The van der Waals surface area contributed by atoms with Gasteiger partial charge in [0.15, 0.2) is 5.16 Å². The number of nitrogens with one attached hydrogen (secondary N) is 1. The highest BCUT2D eigenvalue weighted by Crippen LogP contribution is 2.14. The number of carbonyl (C=O) groups excluding carboxylic acids is 1. The van der Waals surface area contributed by atoms with E-state index in [1.807, 2.05) is 0 Å². The van der Waals surface area contributed by atoms with E-state index in [4.69, 9.17) is 5.11 Å². The Hall–Kier alpha value is -2.48. The Kier molecular flexibility index (Phi) is 5.42. The van der Waals surface area contributed by atoms with Crippen LogP contribution in [0.3, 0.4) is 0 Å². The summed E-state index contributed by atoms with van der Waals surface area (Å²) in [6.07, 6.45) is 2.73. The standard InChI is InChI=1S/C14H12FN3O3S/c15-10-1-3-11(4-2-10)18-13(21)9-7-16-14(17-8-9)22-6-5-12(19)20/h1-4,7-8H,5-6H2,(H,18,21)(H,19,20). The molecule has 0 atom stereocenters. The largest absolute Gasteiger partial charge is 0.481 e. The number of aromatic nitrogens is 2. The highest BCUT2D eigenvalue weighted by Gasteiger charge is 2.08. The lowest BCUT2D eigenvalue weighted by molar-refractivity contribution is -0.136. The van der Waals surface area contributed by atoms with Crippen molar-refractivity contribution < 1.29 is 19.1 Å². The van der Waals surface area contributed by atoms with Gasteiger partial charge in [0.05, 0.1) is 12.0 Å². The molecule has 0 aliphatic rings. The van der Waals surface area contributed by atoms with Crippen molar-refractivity contribution in [3.05, 3.63) is 48.0 Å². The van der Waals surface area contributed by atoms with E-state index in [0.717, 1.165) is 0 Å². The smallest absolute Gasteiger partial charge is 0.304 e. The molecular formula is C14H12FN3O3S. The zero-order valence-electron chi connectivity index (χ0n) is 11.3. The van der Waals surface area contributed by atoms with Gasteiger partial charge < -0.3 is 10.4 Å². The van der Waals surface area contributed by atoms with Crippen LogP contribution in [-0.2, 0) is 4.79 Å². The average molecular weight is 321 g/mol. The first-order chi connectivity index (χ1) is 10.5. The number of benzene rings is 1. The summed E-state index contributed by atoms with van der Waals surface area (Å²) in [5, 5.41) is 11.5. The maximum absolute atomic E-state index is 12.8. The SMILES string of the molecule is O=C(O)CCSc1ncc(C(=O)Nc2ccc(F)cc2)cn1. The maximum Gasteiger partial charge on any atom is 0.304 e. The molecule has 2 N–H and O–H groups in total. The van der Waals surface area contributed by atoms with Gasteiger partial charge in [0.2, 0.25) is 0 Å². The lowest BCUT2D eigenvalue weighted by atomic mass is 10.2. The fourth-order valence-electron chi connectivity index (χ4n) is 1.47. The van der Waals surface area contributed by atoms with E-state index >= 15 is 0 Å². The number of hydrogen-bond acceptors (Lipinski definition) is 5. The molecule has 0 spiro atoms. The van der Waals surface area contributed by atoms with E-state index in [2.05, 4.69) is 15.3 Å². The Morgan fingerprint density at radius 2 is 1.82 bits per heavy atom. The van der Waals surface area contributed by atoms with Crippen molar-refractivity contribution in [3.8, 4) is 0 Å². The minimum absolute atomic E-state index is 0.0147. The molecule has 114 valence electrons. The normalized spacial score (nSPS) is 10.2. The van der Waals surface area contributed by atoms with Crippen LogP contribution in [0.15, 0.2) is 41.8 Å². The number of anilines is 1. The van der Waals surface area contributed by atoms with Crippen LogP contribution in [0.2, 0.25) is 0 Å². The second-order valence-corrected chi connectivity index (χ2v) is 5.27. The third kappa shape index (κ3) is 4.81. The van der Waals surface area contributed by atoms with E-state index in [0.29, 0.717) is 16.6 Å². The molecule has 0 aliphatic heterocycles. The van der Waals surface area contributed by atoms with Crippen LogP contribution in [0.5, 0.6) is 0 Å². The molecule has 1 heterocycles. The van der Waals surface area contributed by atoms with Gasteiger partial charge in [-0.25, -0.2) is 14.4 Å². The van der Waals surface area contributed by atoms with Crippen LogP contribution in [0, 0.1) is 5.82 Å². The summed E-state index contributed by atoms with van der Waals surface area (Å²) in [6.45, 7) is 0. The monoisotopic (exact) mass is 321 g/mol. The van der Waals surface area contributed by atoms with Crippen LogP contribution < -0.4 is 5.32 Å². The Balaban J connectivity index is 1.93. The third-order valence-electron chi connectivity index (χ3n) is 2.54. The van der Waals surface area contributed by atoms with E-state index < -0.39 is 11.9 Å². The molecule has 22 heavy (non-hydrogen) atoms. The number of amides is 1. The Labute approximate surface area is 129 Å². The fourth-order valence-corrected chi connectivity index (χ4v) is 2.19. The van der Waals surface area contributed by atoms with Crippen molar-refractivity contribution in [2.24, 2.45) is 0 Å². The van der Waals surface area contributed by atoms with Gasteiger partial charge in [-0.05, 0) is 24.3 Å². The summed E-state index contributed by atoms with van der Waals surface area (Å²) in [7, 11) is 0. The van der Waals surface area contributed by atoms with Gasteiger partial charge in [0, 0.05) is 23.8 Å². The molecule has 2 rings (SSSR count). The molecule has 1 amide bonds. The minimum atomic E-state index is -0.886. The zero-order valence-corrected chi connectivity index (χ0v) is 12.1. The van der Waals surface area contributed by atoms with Crippen molar-refractivity contribution in [1.29, 1.82) is 0 Å². The van der Waals surface area contributed by atoms with Gasteiger partial charge >= 0.3 is 5.97 Å². The van der Waals surface area contributed by atoms with Gasteiger partial charge in [0.1, 0.15) is 5.82 Å². The maximum atomic E-state index is 12.8. The number of carboxylic acids is 1. The number of halogens is 1. The molecule has 8 heteroatoms. The summed E-state index contributed by atoms with van der Waals surface area (Å²) in [6, 6.07) is 5.39. The van der Waals surface area contributed by atoms with Crippen molar-refractivity contribution in [2.45, 2.75) is 11.6 Å². The fraction of sp³-hybridized carbons (Fsp3) is 0.143. The van der Waals surface area contributed by atoms with Crippen molar-refractivity contribution in [3.63, 3.8) is 0 Å². The lowest BCUT2D eigenvalue weighted by Gasteiger charge is -2.05. The lowest BCUT2D eigenvalue weighted by Crippen LogP contribution is -2.12. The predicted octanol–water partition coefficient (Wildman–Crippen LogP) is 2.43. The van der Waals surface area contributed by atoms with Crippen molar-refractivity contribution >= 4 is 29.3 Å². The van der Waals surface area contributed by atoms with Gasteiger partial charge in [-0.15, -0.1) is 0 Å². The highest BCUT2D eigenvalue weighted by molar-refractivity contribution is 7.99. The van der Waals surface area contributed by atoms with Gasteiger partial charge in [-0.2, -0.15) is 0 Å². The quantitative estimate of drug-likeness (QED) is 0.627. The number of thioether (sulfide) groups is 1. The molecule has 6 nitrogen and oxygen atoms in total. The molecule has 0 aliphatic carbocycles. The number of rotatable bonds is 6. The number of hydrogen-bond donors (Lipinski definition) is 2. The summed E-state index contributed by atoms with van der Waals surface area (Å²) < 4.78 is 12.8. The number of carbonyl (C=O) groups is 2. The van der Waals surface area contributed by atoms with E-state index in [-0.39, 0.29) is 17.8 Å². The second-order valence-electron chi connectivity index (χ2n) is 4.21. The van der Waals surface area contributed by atoms with Gasteiger partial charge in [0.25, 0.3) is 5.91 Å². The number of aliphatic carboxylic acids is 1. The Morgan fingerprint density at radius 1 is 1.18 bits per heavy atom. The van der Waals surface area contributed by atoms with E-state index in [9.17, 15) is 14.0 Å². The summed E-state index contributed by atoms with van der Waals surface area (Å²) in [5.41, 5.74) is 0.721. The van der Waals surface area contributed by atoms with Crippen LogP contribution in [0.25, 0.3) is 0 Å². The summed E-state index contributed by atoms with van der Waals surface area (Å²) in [5.74, 6) is -1.32. The summed E-state index contributed by atoms with van der Waals surface area (Å²) in [4.78, 5) is 30.3. The molecule has 2 aromatic rings. The third-order valence-corrected chi connectivity index (χ3v) is 3.42.